The van der Waals surface area contributed by atoms with E-state index in [1.54, 1.807) is 19.1 Å². The Balaban J connectivity index is 2.56. The lowest BCUT2D eigenvalue weighted by atomic mass is 10.0. The number of benzene rings is 1. The first-order chi connectivity index (χ1) is 10.5. The number of nitrogens with two attached hydrogens (primary N) is 1. The van der Waals surface area contributed by atoms with Gasteiger partial charge in [0, 0.05) is 22.1 Å². The molecule has 1 rings (SSSR count). The van der Waals surface area contributed by atoms with Crippen LogP contribution in [-0.2, 0) is 0 Å². The SMILES string of the molecule is CC(=N)/C(CCCOc1cccc(C(=O)N=O)c1)=C(/C)NN. The van der Waals surface area contributed by atoms with Crippen LogP contribution in [0.4, 0.5) is 0 Å². The zero-order valence-electron chi connectivity index (χ0n) is 12.7. The topological polar surface area (TPSA) is 118 Å². The maximum Gasteiger partial charge on any atom is 0.316 e. The molecule has 0 aliphatic heterocycles. The van der Waals surface area contributed by atoms with Crippen LogP contribution < -0.4 is 16.0 Å². The van der Waals surface area contributed by atoms with E-state index in [4.69, 9.17) is 16.0 Å². The van der Waals surface area contributed by atoms with Crippen molar-refractivity contribution in [2.24, 2.45) is 11.0 Å². The fraction of sp³-hybridized carbons (Fsp3) is 0.333. The maximum absolute atomic E-state index is 11.2. The molecule has 0 saturated heterocycles. The number of carbonyl (C=O) groups excluding carboxylic acids is 1. The van der Waals surface area contributed by atoms with Crippen LogP contribution in [0.2, 0.25) is 0 Å². The summed E-state index contributed by atoms with van der Waals surface area (Å²) in [5, 5.41) is 10.1. The summed E-state index contributed by atoms with van der Waals surface area (Å²) in [6, 6.07) is 6.32. The summed E-state index contributed by atoms with van der Waals surface area (Å²) in [5.41, 5.74) is 4.82. The standard InChI is InChI=1S/C15H20N4O3/c1-10(16)14(11(2)18-17)7-4-8-22-13-6-3-5-12(9-13)15(20)19-21/h3,5-6,9,16,18H,4,7-8,17H2,1-2H3/b14-11-,16-10?. The molecule has 0 heterocycles. The van der Waals surface area contributed by atoms with Crippen molar-refractivity contribution in [2.45, 2.75) is 26.7 Å². The summed E-state index contributed by atoms with van der Waals surface area (Å²) in [7, 11) is 0. The van der Waals surface area contributed by atoms with Crippen molar-refractivity contribution in [1.29, 1.82) is 5.41 Å². The van der Waals surface area contributed by atoms with E-state index in [1.165, 1.54) is 12.1 Å². The molecule has 0 unspecified atom stereocenters. The molecule has 0 saturated carbocycles. The smallest absolute Gasteiger partial charge is 0.316 e. The first-order valence-electron chi connectivity index (χ1n) is 6.82. The van der Waals surface area contributed by atoms with Gasteiger partial charge in [0.25, 0.3) is 0 Å². The van der Waals surface area contributed by atoms with Crippen molar-refractivity contribution >= 4 is 11.6 Å². The number of allylic oxidation sites excluding steroid dienone is 2. The zero-order chi connectivity index (χ0) is 16.5. The van der Waals surface area contributed by atoms with Gasteiger partial charge < -0.3 is 15.6 Å². The molecule has 1 aromatic rings. The minimum atomic E-state index is -0.820. The van der Waals surface area contributed by atoms with Gasteiger partial charge in [-0.3, -0.25) is 10.6 Å². The second kappa shape index (κ2) is 8.68. The van der Waals surface area contributed by atoms with E-state index in [2.05, 4.69) is 10.6 Å². The number of rotatable bonds is 8. The molecule has 0 fully saturated rings. The Labute approximate surface area is 129 Å². The molecule has 0 aliphatic rings. The van der Waals surface area contributed by atoms with E-state index in [0.717, 1.165) is 11.3 Å². The van der Waals surface area contributed by atoms with Crippen LogP contribution in [0.25, 0.3) is 0 Å². The van der Waals surface area contributed by atoms with Crippen LogP contribution in [-0.4, -0.2) is 18.2 Å². The number of hydrazine groups is 1. The largest absolute Gasteiger partial charge is 0.494 e. The first-order valence-corrected chi connectivity index (χ1v) is 6.82. The van der Waals surface area contributed by atoms with Gasteiger partial charge in [0.1, 0.15) is 5.75 Å². The molecule has 0 aromatic heterocycles. The fourth-order valence-corrected chi connectivity index (χ4v) is 1.95. The number of amides is 1. The Morgan fingerprint density at radius 3 is 2.73 bits per heavy atom. The summed E-state index contributed by atoms with van der Waals surface area (Å²) in [5.74, 6) is 5.04. The van der Waals surface area contributed by atoms with Gasteiger partial charge in [-0.2, -0.15) is 0 Å². The number of nitrogens with one attached hydrogen (secondary N) is 2. The number of carbonyl (C=O) groups is 1. The van der Waals surface area contributed by atoms with Crippen molar-refractivity contribution < 1.29 is 9.53 Å². The van der Waals surface area contributed by atoms with E-state index in [9.17, 15) is 9.70 Å². The molecule has 0 aliphatic carbocycles. The molecule has 4 N–H and O–H groups in total. The third kappa shape index (κ3) is 5.10. The first kappa shape index (κ1) is 17.5. The fourth-order valence-electron chi connectivity index (χ4n) is 1.95. The van der Waals surface area contributed by atoms with Crippen molar-refractivity contribution in [1.82, 2.24) is 5.43 Å². The average molecular weight is 304 g/mol. The van der Waals surface area contributed by atoms with E-state index >= 15 is 0 Å². The second-order valence-corrected chi connectivity index (χ2v) is 4.75. The van der Waals surface area contributed by atoms with Crippen molar-refractivity contribution in [3.8, 4) is 5.75 Å². The summed E-state index contributed by atoms with van der Waals surface area (Å²) in [6.45, 7) is 3.94. The Morgan fingerprint density at radius 1 is 1.41 bits per heavy atom. The number of nitroso groups, excluding NO2 is 1. The molecule has 0 bridgehead atoms. The zero-order valence-corrected chi connectivity index (χ0v) is 12.7. The molecule has 0 spiro atoms. The lowest BCUT2D eigenvalue weighted by Crippen LogP contribution is -2.22. The van der Waals surface area contributed by atoms with Crippen molar-refractivity contribution in [2.75, 3.05) is 6.61 Å². The Kier molecular flexibility index (Phi) is 6.91. The lowest BCUT2D eigenvalue weighted by molar-refractivity contribution is 0.100. The van der Waals surface area contributed by atoms with E-state index < -0.39 is 5.91 Å². The minimum Gasteiger partial charge on any atom is -0.494 e. The molecule has 0 atom stereocenters. The van der Waals surface area contributed by atoms with Gasteiger partial charge in [-0.25, -0.2) is 0 Å². The molecule has 0 radical (unpaired) electrons. The maximum atomic E-state index is 11.2. The highest BCUT2D eigenvalue weighted by Gasteiger charge is 2.07. The van der Waals surface area contributed by atoms with E-state index in [1.807, 2.05) is 6.92 Å². The minimum absolute atomic E-state index is 0.201. The Bertz CT molecular complexity index is 596. The summed E-state index contributed by atoms with van der Waals surface area (Å²) < 4.78 is 5.54. The third-order valence-electron chi connectivity index (χ3n) is 3.13. The highest BCUT2D eigenvalue weighted by molar-refractivity contribution is 5.96. The molecule has 7 nitrogen and oxygen atoms in total. The van der Waals surface area contributed by atoms with Gasteiger partial charge in [-0.15, -0.1) is 4.91 Å². The van der Waals surface area contributed by atoms with Gasteiger partial charge in [-0.1, -0.05) is 6.07 Å². The monoisotopic (exact) mass is 304 g/mol. The summed E-state index contributed by atoms with van der Waals surface area (Å²) in [6.07, 6.45) is 1.34. The second-order valence-electron chi connectivity index (χ2n) is 4.75. The molecule has 22 heavy (non-hydrogen) atoms. The van der Waals surface area contributed by atoms with E-state index in [-0.39, 0.29) is 5.56 Å². The van der Waals surface area contributed by atoms with Crippen molar-refractivity contribution in [3.05, 3.63) is 46.0 Å². The Hall–Kier alpha value is -2.54. The van der Waals surface area contributed by atoms with Gasteiger partial charge in [0.05, 0.1) is 6.61 Å². The molecular weight excluding hydrogens is 284 g/mol. The average Bonchev–Trinajstić information content (AvgIpc) is 2.53. The van der Waals surface area contributed by atoms with Crippen LogP contribution >= 0.6 is 0 Å². The molecule has 1 amide bonds. The van der Waals surface area contributed by atoms with Gasteiger partial charge >= 0.3 is 5.91 Å². The number of hydrogen-bond donors (Lipinski definition) is 3. The lowest BCUT2D eigenvalue weighted by Gasteiger charge is -2.11. The molecular formula is C15H20N4O3. The van der Waals surface area contributed by atoms with Crippen LogP contribution in [0.5, 0.6) is 5.75 Å². The third-order valence-corrected chi connectivity index (χ3v) is 3.13. The highest BCUT2D eigenvalue weighted by Crippen LogP contribution is 2.16. The Morgan fingerprint density at radius 2 is 2.14 bits per heavy atom. The molecule has 118 valence electrons. The highest BCUT2D eigenvalue weighted by atomic mass is 16.5. The summed E-state index contributed by atoms with van der Waals surface area (Å²) in [4.78, 5) is 21.4. The predicted molar refractivity (Wildman–Crippen MR) is 84.7 cm³/mol. The predicted octanol–water partition coefficient (Wildman–Crippen LogP) is 2.53. The molecule has 7 heteroatoms. The number of nitrogens with zero attached hydrogens (tertiary/aromatic N) is 1. The van der Waals surface area contributed by atoms with Crippen LogP contribution in [0.1, 0.15) is 37.0 Å². The van der Waals surface area contributed by atoms with Crippen LogP contribution in [0.3, 0.4) is 0 Å². The number of ether oxygens (including phenoxy) is 1. The van der Waals surface area contributed by atoms with Crippen LogP contribution in [0, 0.1) is 10.3 Å². The van der Waals surface area contributed by atoms with E-state index in [0.29, 0.717) is 30.9 Å². The van der Waals surface area contributed by atoms with Crippen molar-refractivity contribution in [3.63, 3.8) is 0 Å². The summed E-state index contributed by atoms with van der Waals surface area (Å²) >= 11 is 0. The quantitative estimate of drug-likeness (QED) is 0.224. The molecule has 1 aromatic carbocycles. The van der Waals surface area contributed by atoms with Crippen LogP contribution in [0.15, 0.2) is 40.7 Å². The van der Waals surface area contributed by atoms with Gasteiger partial charge in [0.2, 0.25) is 0 Å². The van der Waals surface area contributed by atoms with Gasteiger partial charge in [0.15, 0.2) is 0 Å². The van der Waals surface area contributed by atoms with Gasteiger partial charge in [-0.05, 0) is 50.5 Å². The normalized spacial score (nSPS) is 11.4. The number of hydrogen-bond acceptors (Lipinski definition) is 6.